The second-order valence-corrected chi connectivity index (χ2v) is 5.51. The summed E-state index contributed by atoms with van der Waals surface area (Å²) in [6, 6.07) is 11.0. The van der Waals surface area contributed by atoms with Gasteiger partial charge in [-0.1, -0.05) is 6.07 Å². The Bertz CT molecular complexity index is 955. The van der Waals surface area contributed by atoms with Gasteiger partial charge in [0.15, 0.2) is 23.0 Å². The molecule has 0 aliphatic carbocycles. The number of hydrogen-bond donors (Lipinski definition) is 2. The quantitative estimate of drug-likeness (QED) is 0.676. The van der Waals surface area contributed by atoms with E-state index in [1.54, 1.807) is 20.3 Å². The van der Waals surface area contributed by atoms with Crippen LogP contribution in [0.1, 0.15) is 5.56 Å². The molecule has 0 saturated carbocycles. The number of aryl methyl sites for hydroxylation is 1. The van der Waals surface area contributed by atoms with Gasteiger partial charge < -0.3 is 24.4 Å². The van der Waals surface area contributed by atoms with Crippen molar-refractivity contribution in [3.05, 3.63) is 42.0 Å². The highest BCUT2D eigenvalue weighted by Crippen LogP contribution is 2.39. The SMILES string of the molecule is COc1cc2nc(-c3cccc(OC)c3O)cc(C)c2cc1OC.O=CO. The minimum absolute atomic E-state index is 0.0757. The fourth-order valence-electron chi connectivity index (χ4n) is 2.75. The standard InChI is InChI=1S/C19H19NO4.CH2O2/c1-11-8-14(12-6-5-7-16(22-2)19(12)21)20-15-10-18(24-4)17(23-3)9-13(11)15;2-1-3/h5-10,21H,1-4H3;1H,(H,2,3). The van der Waals surface area contributed by atoms with Crippen LogP contribution >= 0.6 is 0 Å². The number of aromatic hydroxyl groups is 1. The summed E-state index contributed by atoms with van der Waals surface area (Å²) in [6.07, 6.45) is 0. The number of para-hydroxylation sites is 1. The van der Waals surface area contributed by atoms with E-state index in [1.165, 1.54) is 7.11 Å². The molecule has 3 aromatic rings. The lowest BCUT2D eigenvalue weighted by molar-refractivity contribution is -0.122. The van der Waals surface area contributed by atoms with Crippen LogP contribution in [-0.4, -0.2) is 43.0 Å². The third-order valence-corrected chi connectivity index (χ3v) is 4.02. The molecule has 0 atom stereocenters. The summed E-state index contributed by atoms with van der Waals surface area (Å²) >= 11 is 0. The van der Waals surface area contributed by atoms with Gasteiger partial charge in [0.25, 0.3) is 6.47 Å². The minimum atomic E-state index is -0.250. The van der Waals surface area contributed by atoms with Crippen LogP contribution < -0.4 is 14.2 Å². The van der Waals surface area contributed by atoms with E-state index in [4.69, 9.17) is 24.1 Å². The van der Waals surface area contributed by atoms with Crippen molar-refractivity contribution in [3.8, 4) is 34.3 Å². The minimum Gasteiger partial charge on any atom is -0.504 e. The van der Waals surface area contributed by atoms with Crippen molar-refractivity contribution in [2.75, 3.05) is 21.3 Å². The van der Waals surface area contributed by atoms with Crippen molar-refractivity contribution in [2.24, 2.45) is 0 Å². The molecule has 1 heterocycles. The molecule has 0 saturated heterocycles. The van der Waals surface area contributed by atoms with E-state index in [0.29, 0.717) is 28.5 Å². The lowest BCUT2D eigenvalue weighted by Gasteiger charge is -2.13. The van der Waals surface area contributed by atoms with Crippen molar-refractivity contribution in [2.45, 2.75) is 6.92 Å². The van der Waals surface area contributed by atoms with E-state index >= 15 is 0 Å². The predicted octanol–water partition coefficient (Wildman–Crippen LogP) is 3.64. The van der Waals surface area contributed by atoms with Gasteiger partial charge >= 0.3 is 0 Å². The number of methoxy groups -OCH3 is 3. The average Bonchev–Trinajstić information content (AvgIpc) is 2.67. The zero-order chi connectivity index (χ0) is 20.0. The molecule has 0 aliphatic rings. The number of phenolic OH excluding ortho intramolecular Hbond substituents is 1. The fraction of sp³-hybridized carbons (Fsp3) is 0.200. The molecule has 0 unspecified atom stereocenters. The monoisotopic (exact) mass is 371 g/mol. The number of phenols is 1. The Balaban J connectivity index is 0.000000817. The molecular formula is C20H21NO6. The normalized spacial score (nSPS) is 9.93. The Hall–Kier alpha value is -3.48. The van der Waals surface area contributed by atoms with Gasteiger partial charge in [-0.3, -0.25) is 4.79 Å². The molecule has 3 rings (SSSR count). The summed E-state index contributed by atoms with van der Waals surface area (Å²) in [6.45, 7) is 1.75. The van der Waals surface area contributed by atoms with Crippen LogP contribution in [0.15, 0.2) is 36.4 Å². The van der Waals surface area contributed by atoms with Crippen molar-refractivity contribution in [3.63, 3.8) is 0 Å². The maximum absolute atomic E-state index is 10.4. The molecule has 2 aromatic carbocycles. The summed E-state index contributed by atoms with van der Waals surface area (Å²) in [5.74, 6) is 1.77. The lowest BCUT2D eigenvalue weighted by Crippen LogP contribution is -1.95. The van der Waals surface area contributed by atoms with E-state index in [1.807, 2.05) is 37.3 Å². The van der Waals surface area contributed by atoms with E-state index in [-0.39, 0.29) is 12.2 Å². The van der Waals surface area contributed by atoms with Crippen molar-refractivity contribution < 1.29 is 29.2 Å². The molecule has 7 heteroatoms. The number of pyridine rings is 1. The maximum atomic E-state index is 10.4. The molecule has 142 valence electrons. The predicted molar refractivity (Wildman–Crippen MR) is 102 cm³/mol. The highest BCUT2D eigenvalue weighted by Gasteiger charge is 2.14. The second kappa shape index (κ2) is 8.75. The molecule has 0 aliphatic heterocycles. The number of rotatable bonds is 4. The second-order valence-electron chi connectivity index (χ2n) is 5.51. The number of aromatic nitrogens is 1. The van der Waals surface area contributed by atoms with Gasteiger partial charge in [-0.15, -0.1) is 0 Å². The molecule has 0 radical (unpaired) electrons. The Morgan fingerprint density at radius 3 is 2.15 bits per heavy atom. The third kappa shape index (κ3) is 4.03. The van der Waals surface area contributed by atoms with Crippen LogP contribution in [0.3, 0.4) is 0 Å². The molecule has 1 aromatic heterocycles. The first kappa shape index (κ1) is 19.8. The van der Waals surface area contributed by atoms with Crippen LogP contribution in [-0.2, 0) is 4.79 Å². The molecule has 7 nitrogen and oxygen atoms in total. The first-order valence-electron chi connectivity index (χ1n) is 7.98. The number of benzene rings is 2. The number of nitrogens with zero attached hydrogens (tertiary/aromatic N) is 1. The van der Waals surface area contributed by atoms with E-state index in [0.717, 1.165) is 16.5 Å². The number of carboxylic acid groups (broad SMARTS) is 1. The molecular weight excluding hydrogens is 350 g/mol. The average molecular weight is 371 g/mol. The van der Waals surface area contributed by atoms with Crippen molar-refractivity contribution >= 4 is 17.4 Å². The molecule has 0 amide bonds. The summed E-state index contributed by atoms with van der Waals surface area (Å²) in [7, 11) is 4.72. The highest BCUT2D eigenvalue weighted by atomic mass is 16.5. The van der Waals surface area contributed by atoms with Crippen LogP contribution in [0.25, 0.3) is 22.2 Å². The van der Waals surface area contributed by atoms with E-state index in [2.05, 4.69) is 4.98 Å². The summed E-state index contributed by atoms with van der Waals surface area (Å²) in [4.78, 5) is 13.0. The van der Waals surface area contributed by atoms with Gasteiger partial charge in [-0.25, -0.2) is 4.98 Å². The molecule has 0 bridgehead atoms. The Kier molecular flexibility index (Phi) is 6.43. The van der Waals surface area contributed by atoms with E-state index < -0.39 is 0 Å². The summed E-state index contributed by atoms with van der Waals surface area (Å²) < 4.78 is 15.9. The zero-order valence-corrected chi connectivity index (χ0v) is 15.5. The number of carbonyl (C=O) groups is 1. The molecule has 0 fully saturated rings. The first-order chi connectivity index (χ1) is 13.0. The smallest absolute Gasteiger partial charge is 0.290 e. The molecule has 27 heavy (non-hydrogen) atoms. The van der Waals surface area contributed by atoms with Gasteiger partial charge in [0, 0.05) is 17.0 Å². The van der Waals surface area contributed by atoms with Crippen molar-refractivity contribution in [1.29, 1.82) is 0 Å². The Morgan fingerprint density at radius 1 is 0.963 bits per heavy atom. The summed E-state index contributed by atoms with van der Waals surface area (Å²) in [5, 5.41) is 18.2. The van der Waals surface area contributed by atoms with Crippen LogP contribution in [0.4, 0.5) is 0 Å². The van der Waals surface area contributed by atoms with Gasteiger partial charge in [0.2, 0.25) is 0 Å². The highest BCUT2D eigenvalue weighted by molar-refractivity contribution is 5.88. The van der Waals surface area contributed by atoms with Crippen molar-refractivity contribution in [1.82, 2.24) is 4.98 Å². The summed E-state index contributed by atoms with van der Waals surface area (Å²) in [5.41, 5.74) is 3.08. The lowest BCUT2D eigenvalue weighted by atomic mass is 10.0. The van der Waals surface area contributed by atoms with E-state index in [9.17, 15) is 5.11 Å². The van der Waals surface area contributed by atoms with Gasteiger partial charge in [0.1, 0.15) is 0 Å². The maximum Gasteiger partial charge on any atom is 0.290 e. The van der Waals surface area contributed by atoms with Gasteiger partial charge in [-0.2, -0.15) is 0 Å². The fourth-order valence-corrected chi connectivity index (χ4v) is 2.75. The van der Waals surface area contributed by atoms with Gasteiger partial charge in [-0.05, 0) is 36.8 Å². The Morgan fingerprint density at radius 2 is 1.56 bits per heavy atom. The number of ether oxygens (including phenoxy) is 3. The first-order valence-corrected chi connectivity index (χ1v) is 7.98. The Labute approximate surface area is 156 Å². The van der Waals surface area contributed by atoms with Gasteiger partial charge in [0.05, 0.1) is 32.5 Å². The topological polar surface area (TPSA) is 98.1 Å². The number of fused-ring (bicyclic) bond motifs is 1. The van der Waals surface area contributed by atoms with Crippen LogP contribution in [0.2, 0.25) is 0 Å². The van der Waals surface area contributed by atoms with Crippen LogP contribution in [0, 0.1) is 6.92 Å². The molecule has 0 spiro atoms. The zero-order valence-electron chi connectivity index (χ0n) is 15.5. The van der Waals surface area contributed by atoms with Crippen LogP contribution in [0.5, 0.6) is 23.0 Å². The third-order valence-electron chi connectivity index (χ3n) is 4.02. The largest absolute Gasteiger partial charge is 0.504 e. The number of hydrogen-bond acceptors (Lipinski definition) is 6. The molecule has 2 N–H and O–H groups in total.